The van der Waals surface area contributed by atoms with Gasteiger partial charge in [0.25, 0.3) is 0 Å². The Kier molecular flexibility index (Phi) is 9.16. The van der Waals surface area contributed by atoms with Crippen molar-refractivity contribution in [3.05, 3.63) is 27.7 Å². The number of nitrogens with one attached hydrogen (secondary N) is 1. The van der Waals surface area contributed by atoms with Crippen molar-refractivity contribution in [2.24, 2.45) is 0 Å². The minimum Gasteiger partial charge on any atom is -0.490 e. The first kappa shape index (κ1) is 18.0. The molecular weight excluding hydrogens is 366 g/mol. The van der Waals surface area contributed by atoms with Gasteiger partial charge in [-0.15, -0.1) is 0 Å². The van der Waals surface area contributed by atoms with E-state index in [2.05, 4.69) is 21.2 Å². The van der Waals surface area contributed by atoms with Gasteiger partial charge in [-0.1, -0.05) is 11.6 Å². The van der Waals surface area contributed by atoms with E-state index >= 15 is 0 Å². The lowest BCUT2D eigenvalue weighted by Crippen LogP contribution is -2.25. The Morgan fingerprint density at radius 3 is 2.52 bits per heavy atom. The zero-order valence-corrected chi connectivity index (χ0v) is 13.7. The third-order valence-corrected chi connectivity index (χ3v) is 3.13. The Morgan fingerprint density at radius 1 is 1.19 bits per heavy atom. The van der Waals surface area contributed by atoms with E-state index < -0.39 is 6.09 Å². The molecule has 0 spiro atoms. The van der Waals surface area contributed by atoms with E-state index in [1.54, 1.807) is 18.2 Å². The number of benzene rings is 1. The van der Waals surface area contributed by atoms with Crippen LogP contribution in [0.1, 0.15) is 0 Å². The van der Waals surface area contributed by atoms with Crippen LogP contribution >= 0.6 is 27.5 Å². The molecule has 1 amide bonds. The van der Waals surface area contributed by atoms with Crippen molar-refractivity contribution in [3.8, 4) is 5.75 Å². The van der Waals surface area contributed by atoms with Gasteiger partial charge in [0.1, 0.15) is 12.4 Å². The highest BCUT2D eigenvalue weighted by atomic mass is 79.9. The summed E-state index contributed by atoms with van der Waals surface area (Å²) in [7, 11) is 0. The maximum absolute atomic E-state index is 10.2. The summed E-state index contributed by atoms with van der Waals surface area (Å²) in [6, 6.07) is 5.29. The second-order valence-electron chi connectivity index (χ2n) is 3.88. The van der Waals surface area contributed by atoms with Gasteiger partial charge in [-0.3, -0.25) is 0 Å². The van der Waals surface area contributed by atoms with Crippen LogP contribution in [0.2, 0.25) is 5.02 Å². The van der Waals surface area contributed by atoms with E-state index in [-0.39, 0.29) is 6.54 Å². The highest BCUT2D eigenvalue weighted by Crippen LogP contribution is 2.27. The molecule has 0 aliphatic carbocycles. The maximum Gasteiger partial charge on any atom is 0.404 e. The van der Waals surface area contributed by atoms with Gasteiger partial charge in [-0.05, 0) is 34.1 Å². The first-order valence-corrected chi connectivity index (χ1v) is 7.47. The molecule has 0 radical (unpaired) electrons. The normalized spacial score (nSPS) is 10.4. The van der Waals surface area contributed by atoms with Crippen LogP contribution in [-0.2, 0) is 9.47 Å². The van der Waals surface area contributed by atoms with E-state index in [1.807, 2.05) is 0 Å². The quantitative estimate of drug-likeness (QED) is 0.609. The summed E-state index contributed by atoms with van der Waals surface area (Å²) in [5.74, 6) is 0.707. The lowest BCUT2D eigenvalue weighted by molar-refractivity contribution is 0.0373. The first-order valence-electron chi connectivity index (χ1n) is 6.29. The number of hydrogen-bond donors (Lipinski definition) is 2. The Balaban J connectivity index is 1.96. The fourth-order valence-corrected chi connectivity index (χ4v) is 2.15. The summed E-state index contributed by atoms with van der Waals surface area (Å²) in [5.41, 5.74) is 0. The van der Waals surface area contributed by atoms with Crippen molar-refractivity contribution in [1.82, 2.24) is 5.32 Å². The third kappa shape index (κ3) is 8.77. The largest absolute Gasteiger partial charge is 0.490 e. The van der Waals surface area contributed by atoms with Gasteiger partial charge in [0.2, 0.25) is 0 Å². The predicted octanol–water partition coefficient (Wildman–Crippen LogP) is 2.78. The lowest BCUT2D eigenvalue weighted by atomic mass is 10.3. The van der Waals surface area contributed by atoms with Crippen LogP contribution < -0.4 is 10.1 Å². The van der Waals surface area contributed by atoms with Crippen molar-refractivity contribution in [1.29, 1.82) is 0 Å². The molecule has 0 saturated carbocycles. The zero-order chi connectivity index (χ0) is 15.5. The number of ether oxygens (including phenoxy) is 3. The first-order chi connectivity index (χ1) is 10.1. The van der Waals surface area contributed by atoms with Gasteiger partial charge >= 0.3 is 6.09 Å². The second kappa shape index (κ2) is 10.7. The van der Waals surface area contributed by atoms with Crippen molar-refractivity contribution in [2.45, 2.75) is 0 Å². The van der Waals surface area contributed by atoms with Gasteiger partial charge in [0.05, 0.1) is 30.9 Å². The molecule has 1 aromatic rings. The molecule has 0 heterocycles. The lowest BCUT2D eigenvalue weighted by Gasteiger charge is -2.09. The number of halogens is 2. The molecule has 6 nitrogen and oxygen atoms in total. The molecule has 0 saturated heterocycles. The predicted molar refractivity (Wildman–Crippen MR) is 82.3 cm³/mol. The SMILES string of the molecule is O=C(O)NCCOCCOCCOc1ccc(Cl)cc1Br. The summed E-state index contributed by atoms with van der Waals surface area (Å²) in [6.07, 6.45) is -1.06. The summed E-state index contributed by atoms with van der Waals surface area (Å²) in [5, 5.41) is 11.2. The van der Waals surface area contributed by atoms with Crippen molar-refractivity contribution < 1.29 is 24.1 Å². The molecule has 0 bridgehead atoms. The van der Waals surface area contributed by atoms with Gasteiger partial charge in [0.15, 0.2) is 0 Å². The monoisotopic (exact) mass is 381 g/mol. The van der Waals surface area contributed by atoms with Gasteiger partial charge in [-0.2, -0.15) is 0 Å². The number of amides is 1. The highest BCUT2D eigenvalue weighted by Gasteiger charge is 2.01. The van der Waals surface area contributed by atoms with E-state index in [9.17, 15) is 4.79 Å². The van der Waals surface area contributed by atoms with E-state index in [4.69, 9.17) is 30.9 Å². The molecule has 0 atom stereocenters. The molecule has 0 unspecified atom stereocenters. The van der Waals surface area contributed by atoms with Gasteiger partial charge < -0.3 is 24.6 Å². The van der Waals surface area contributed by atoms with Crippen molar-refractivity contribution in [3.63, 3.8) is 0 Å². The van der Waals surface area contributed by atoms with Crippen molar-refractivity contribution in [2.75, 3.05) is 39.6 Å². The van der Waals surface area contributed by atoms with E-state index in [0.29, 0.717) is 43.8 Å². The van der Waals surface area contributed by atoms with Crippen molar-refractivity contribution >= 4 is 33.6 Å². The minimum absolute atomic E-state index is 0.267. The molecular formula is C13H17BrClNO5. The van der Waals surface area contributed by atoms with Crippen LogP contribution in [0.25, 0.3) is 0 Å². The molecule has 1 aromatic carbocycles. The molecule has 0 aromatic heterocycles. The number of carbonyl (C=O) groups is 1. The average molecular weight is 383 g/mol. The second-order valence-corrected chi connectivity index (χ2v) is 5.17. The summed E-state index contributed by atoms with van der Waals surface area (Å²) >= 11 is 9.19. The van der Waals surface area contributed by atoms with Crippen LogP contribution in [0.5, 0.6) is 5.75 Å². The Labute approximate surface area is 136 Å². The molecule has 118 valence electrons. The molecule has 0 fully saturated rings. The maximum atomic E-state index is 10.2. The van der Waals surface area contributed by atoms with E-state index in [1.165, 1.54) is 0 Å². The van der Waals surface area contributed by atoms with Crippen LogP contribution in [0.3, 0.4) is 0 Å². The molecule has 21 heavy (non-hydrogen) atoms. The Morgan fingerprint density at radius 2 is 1.86 bits per heavy atom. The topological polar surface area (TPSA) is 77.0 Å². The average Bonchev–Trinajstić information content (AvgIpc) is 2.42. The highest BCUT2D eigenvalue weighted by molar-refractivity contribution is 9.10. The van der Waals surface area contributed by atoms with Crippen LogP contribution in [-0.4, -0.2) is 50.8 Å². The summed E-state index contributed by atoms with van der Waals surface area (Å²) in [6.45, 7) is 2.28. The molecule has 8 heteroatoms. The molecule has 1 rings (SSSR count). The minimum atomic E-state index is -1.06. The number of rotatable bonds is 10. The Bertz CT molecular complexity index is 447. The third-order valence-electron chi connectivity index (χ3n) is 2.27. The van der Waals surface area contributed by atoms with Crippen LogP contribution in [0.4, 0.5) is 4.79 Å². The fraction of sp³-hybridized carbons (Fsp3) is 0.462. The molecule has 0 aliphatic rings. The van der Waals surface area contributed by atoms with Gasteiger partial charge in [-0.25, -0.2) is 4.79 Å². The zero-order valence-electron chi connectivity index (χ0n) is 11.3. The summed E-state index contributed by atoms with van der Waals surface area (Å²) in [4.78, 5) is 10.2. The number of carboxylic acid groups (broad SMARTS) is 1. The van der Waals surface area contributed by atoms with Crippen LogP contribution in [0.15, 0.2) is 22.7 Å². The molecule has 2 N–H and O–H groups in total. The van der Waals surface area contributed by atoms with E-state index in [0.717, 1.165) is 4.47 Å². The smallest absolute Gasteiger partial charge is 0.404 e. The van der Waals surface area contributed by atoms with Gasteiger partial charge in [0, 0.05) is 11.6 Å². The number of hydrogen-bond acceptors (Lipinski definition) is 4. The van der Waals surface area contributed by atoms with Crippen LogP contribution in [0, 0.1) is 0 Å². The standard InChI is InChI=1S/C13H17BrClNO5/c14-11-9-10(15)1-2-12(11)21-8-7-20-6-5-19-4-3-16-13(17)18/h1-2,9,16H,3-8H2,(H,17,18). The summed E-state index contributed by atoms with van der Waals surface area (Å²) < 4.78 is 16.8. The Hall–Kier alpha value is -1.02. The fourth-order valence-electron chi connectivity index (χ4n) is 1.35. The molecule has 0 aliphatic heterocycles.